The van der Waals surface area contributed by atoms with Gasteiger partial charge in [0.25, 0.3) is 5.78 Å². The van der Waals surface area contributed by atoms with Crippen molar-refractivity contribution in [2.75, 3.05) is 18.6 Å². The van der Waals surface area contributed by atoms with E-state index in [1.807, 2.05) is 13.0 Å². The first-order valence-corrected chi connectivity index (χ1v) is 13.3. The van der Waals surface area contributed by atoms with Crippen molar-refractivity contribution in [2.45, 2.75) is 26.8 Å². The van der Waals surface area contributed by atoms with E-state index < -0.39 is 17.7 Å². The summed E-state index contributed by atoms with van der Waals surface area (Å²) >= 11 is 1.24. The third-order valence-electron chi connectivity index (χ3n) is 6.46. The predicted molar refractivity (Wildman–Crippen MR) is 151 cm³/mol. The molecule has 0 bridgehead atoms. The van der Waals surface area contributed by atoms with Crippen LogP contribution in [0.5, 0.6) is 17.2 Å². The Morgan fingerprint density at radius 1 is 1.08 bits per heavy atom. The molecule has 9 heteroatoms. The monoisotopic (exact) mass is 544 g/mol. The Balaban J connectivity index is 1.64. The SMILES string of the molecule is COc1ccc2nc(N3C(=O)C(=O)/C(=C(/O)c4ccc(OCC(C)C)c(C)c4)C3c3ccc(O)cc3)sc2c1. The van der Waals surface area contributed by atoms with Gasteiger partial charge in [0.2, 0.25) is 0 Å². The van der Waals surface area contributed by atoms with Crippen LogP contribution in [0, 0.1) is 12.8 Å². The van der Waals surface area contributed by atoms with E-state index in [1.165, 1.54) is 28.4 Å². The van der Waals surface area contributed by atoms with Crippen LogP contribution in [0.3, 0.4) is 0 Å². The molecule has 1 fully saturated rings. The molecule has 1 aliphatic heterocycles. The normalized spacial score (nSPS) is 16.8. The number of fused-ring (bicyclic) bond motifs is 1. The van der Waals surface area contributed by atoms with Crippen molar-refractivity contribution in [1.82, 2.24) is 4.98 Å². The predicted octanol–water partition coefficient (Wildman–Crippen LogP) is 5.98. The van der Waals surface area contributed by atoms with Crippen LogP contribution in [-0.2, 0) is 9.59 Å². The van der Waals surface area contributed by atoms with E-state index in [1.54, 1.807) is 49.6 Å². The van der Waals surface area contributed by atoms with Crippen molar-refractivity contribution >= 4 is 44.1 Å². The number of nitrogens with zero attached hydrogens (tertiary/aromatic N) is 2. The number of aromatic nitrogens is 1. The molecule has 1 aliphatic rings. The molecule has 0 radical (unpaired) electrons. The minimum Gasteiger partial charge on any atom is -0.508 e. The van der Waals surface area contributed by atoms with Gasteiger partial charge in [-0.2, -0.15) is 0 Å². The fourth-order valence-electron chi connectivity index (χ4n) is 4.50. The van der Waals surface area contributed by atoms with Crippen LogP contribution < -0.4 is 14.4 Å². The van der Waals surface area contributed by atoms with E-state index in [4.69, 9.17) is 9.47 Å². The van der Waals surface area contributed by atoms with Crippen LogP contribution >= 0.6 is 11.3 Å². The first kappa shape index (κ1) is 26.2. The average molecular weight is 545 g/mol. The van der Waals surface area contributed by atoms with Crippen LogP contribution in [0.4, 0.5) is 5.13 Å². The third kappa shape index (κ3) is 4.93. The summed E-state index contributed by atoms with van der Waals surface area (Å²) in [4.78, 5) is 32.9. The summed E-state index contributed by atoms with van der Waals surface area (Å²) < 4.78 is 11.9. The lowest BCUT2D eigenvalue weighted by Gasteiger charge is -2.23. The van der Waals surface area contributed by atoms with E-state index in [2.05, 4.69) is 18.8 Å². The molecule has 0 saturated carbocycles. The van der Waals surface area contributed by atoms with Crippen LogP contribution in [-0.4, -0.2) is 40.6 Å². The van der Waals surface area contributed by atoms with Gasteiger partial charge in [0.05, 0.1) is 35.5 Å². The molecular weight excluding hydrogens is 516 g/mol. The molecule has 1 amide bonds. The highest BCUT2D eigenvalue weighted by molar-refractivity contribution is 7.22. The second kappa shape index (κ2) is 10.4. The second-order valence-corrected chi connectivity index (χ2v) is 10.8. The average Bonchev–Trinajstić information content (AvgIpc) is 3.45. The minimum atomic E-state index is -0.953. The number of Topliss-reactive ketones (excluding diaryl/α,β-unsaturated/α-hetero) is 1. The number of aliphatic hydroxyl groups excluding tert-OH is 1. The Kier molecular flexibility index (Phi) is 7.01. The standard InChI is InChI=1S/C30H28N2O6S/c1-16(2)15-38-23-12-7-19(13-17(23)3)27(34)25-26(18-5-8-20(33)9-6-18)32(29(36)28(25)35)30-31-22-11-10-21(37-4)14-24(22)39-30/h5-14,16,26,33-34H,15H2,1-4H3/b27-25+. The molecule has 4 aromatic rings. The maximum Gasteiger partial charge on any atom is 0.301 e. The van der Waals surface area contributed by atoms with E-state index in [0.717, 1.165) is 10.3 Å². The number of hydrogen-bond donors (Lipinski definition) is 2. The molecule has 0 spiro atoms. The highest BCUT2D eigenvalue weighted by Crippen LogP contribution is 2.45. The summed E-state index contributed by atoms with van der Waals surface area (Å²) in [5, 5.41) is 21.6. The summed E-state index contributed by atoms with van der Waals surface area (Å²) in [7, 11) is 1.57. The Morgan fingerprint density at radius 2 is 1.82 bits per heavy atom. The number of methoxy groups -OCH3 is 1. The number of amides is 1. The molecule has 3 aromatic carbocycles. The number of carbonyl (C=O) groups is 2. The van der Waals surface area contributed by atoms with Gasteiger partial charge in [-0.05, 0) is 72.5 Å². The minimum absolute atomic E-state index is 0.0374. The van der Waals surface area contributed by atoms with Gasteiger partial charge in [-0.15, -0.1) is 0 Å². The van der Waals surface area contributed by atoms with Crippen molar-refractivity contribution in [1.29, 1.82) is 0 Å². The van der Waals surface area contributed by atoms with E-state index in [-0.39, 0.29) is 17.1 Å². The summed E-state index contributed by atoms with van der Waals surface area (Å²) in [5.41, 5.74) is 2.31. The number of anilines is 1. The lowest BCUT2D eigenvalue weighted by Crippen LogP contribution is -2.29. The Bertz CT molecular complexity index is 1610. The molecular formula is C30H28N2O6S. The number of phenolic OH excluding ortho intramolecular Hbond substituents is 1. The van der Waals surface area contributed by atoms with Crippen LogP contribution in [0.1, 0.15) is 36.6 Å². The fourth-order valence-corrected chi connectivity index (χ4v) is 5.52. The number of ether oxygens (including phenoxy) is 2. The number of phenols is 1. The van der Waals surface area contributed by atoms with Crippen molar-refractivity contribution in [3.8, 4) is 17.2 Å². The molecule has 1 unspecified atom stereocenters. The highest BCUT2D eigenvalue weighted by atomic mass is 32.1. The summed E-state index contributed by atoms with van der Waals surface area (Å²) in [6.07, 6.45) is 0. The molecule has 1 aromatic heterocycles. The maximum atomic E-state index is 13.5. The maximum absolute atomic E-state index is 13.5. The molecule has 2 heterocycles. The summed E-state index contributed by atoms with van der Waals surface area (Å²) in [5.74, 6) is -0.200. The van der Waals surface area contributed by atoms with Gasteiger partial charge < -0.3 is 19.7 Å². The van der Waals surface area contributed by atoms with E-state index >= 15 is 0 Å². The van der Waals surface area contributed by atoms with Crippen molar-refractivity contribution in [3.05, 3.63) is 82.9 Å². The highest BCUT2D eigenvalue weighted by Gasteiger charge is 2.48. The molecule has 5 rings (SSSR count). The number of rotatable bonds is 7. The Labute approximate surface area is 229 Å². The first-order chi connectivity index (χ1) is 18.7. The van der Waals surface area contributed by atoms with Crippen molar-refractivity contribution in [2.24, 2.45) is 5.92 Å². The number of benzene rings is 3. The molecule has 200 valence electrons. The van der Waals surface area contributed by atoms with E-state index in [0.29, 0.717) is 45.8 Å². The molecule has 0 aliphatic carbocycles. The van der Waals surface area contributed by atoms with Crippen molar-refractivity contribution in [3.63, 3.8) is 0 Å². The van der Waals surface area contributed by atoms with Gasteiger partial charge in [0.15, 0.2) is 5.13 Å². The molecule has 1 atom stereocenters. The van der Waals surface area contributed by atoms with Gasteiger partial charge in [-0.1, -0.05) is 37.3 Å². The lowest BCUT2D eigenvalue weighted by molar-refractivity contribution is -0.132. The molecule has 39 heavy (non-hydrogen) atoms. The largest absolute Gasteiger partial charge is 0.508 e. The summed E-state index contributed by atoms with van der Waals surface area (Å²) in [6.45, 7) is 6.52. The number of thiazole rings is 1. The molecule has 8 nitrogen and oxygen atoms in total. The van der Waals surface area contributed by atoms with Crippen LogP contribution in [0.15, 0.2) is 66.2 Å². The van der Waals surface area contributed by atoms with Gasteiger partial charge >= 0.3 is 5.91 Å². The number of ketones is 1. The molecule has 2 N–H and O–H groups in total. The zero-order valence-corrected chi connectivity index (χ0v) is 22.8. The summed E-state index contributed by atoms with van der Waals surface area (Å²) in [6, 6.07) is 15.8. The number of carbonyl (C=O) groups excluding carboxylic acids is 2. The zero-order chi connectivity index (χ0) is 27.8. The van der Waals surface area contributed by atoms with Gasteiger partial charge in [-0.3, -0.25) is 14.5 Å². The lowest BCUT2D eigenvalue weighted by atomic mass is 9.95. The number of aryl methyl sites for hydroxylation is 1. The van der Waals surface area contributed by atoms with Gasteiger partial charge in [-0.25, -0.2) is 4.98 Å². The van der Waals surface area contributed by atoms with Crippen molar-refractivity contribution < 1.29 is 29.3 Å². The number of hydrogen-bond acceptors (Lipinski definition) is 8. The first-order valence-electron chi connectivity index (χ1n) is 12.5. The van der Waals surface area contributed by atoms with Crippen LogP contribution in [0.2, 0.25) is 0 Å². The smallest absolute Gasteiger partial charge is 0.301 e. The fraction of sp³-hybridized carbons (Fsp3) is 0.233. The van der Waals surface area contributed by atoms with E-state index in [9.17, 15) is 19.8 Å². The third-order valence-corrected chi connectivity index (χ3v) is 7.48. The second-order valence-electron chi connectivity index (χ2n) is 9.78. The number of aliphatic hydroxyl groups is 1. The number of aromatic hydroxyl groups is 1. The topological polar surface area (TPSA) is 109 Å². The van der Waals surface area contributed by atoms with Gasteiger partial charge in [0, 0.05) is 5.56 Å². The van der Waals surface area contributed by atoms with Gasteiger partial charge in [0.1, 0.15) is 23.0 Å². The molecule has 1 saturated heterocycles. The Hall–Kier alpha value is -4.37. The zero-order valence-electron chi connectivity index (χ0n) is 22.0. The van der Waals surface area contributed by atoms with Crippen LogP contribution in [0.25, 0.3) is 16.0 Å². The Morgan fingerprint density at radius 3 is 2.49 bits per heavy atom. The quantitative estimate of drug-likeness (QED) is 0.167.